The molecule has 0 radical (unpaired) electrons. The Balaban J connectivity index is 1.96. The minimum absolute atomic E-state index is 0.242. The second-order valence-corrected chi connectivity index (χ2v) is 4.68. The predicted molar refractivity (Wildman–Crippen MR) is 60.5 cm³/mol. The van der Waals surface area contributed by atoms with Gasteiger partial charge >= 0.3 is 0 Å². The molecule has 1 amide bonds. The van der Waals surface area contributed by atoms with Gasteiger partial charge in [0.25, 0.3) is 0 Å². The highest BCUT2D eigenvalue weighted by atomic mass is 16.2. The summed E-state index contributed by atoms with van der Waals surface area (Å²) in [5.74, 6) is 1.64. The zero-order valence-corrected chi connectivity index (χ0v) is 9.62. The summed E-state index contributed by atoms with van der Waals surface area (Å²) in [6.45, 7) is 8.07. The summed E-state index contributed by atoms with van der Waals surface area (Å²) in [6.07, 6.45) is 2.97. The van der Waals surface area contributed by atoms with Gasteiger partial charge in [-0.25, -0.2) is 0 Å². The number of carbonyl (C=O) groups excluding carboxylic acids is 1. The Kier molecular flexibility index (Phi) is 3.10. The summed E-state index contributed by atoms with van der Waals surface area (Å²) in [5.41, 5.74) is 0.908. The second-order valence-electron chi connectivity index (χ2n) is 4.68. The van der Waals surface area contributed by atoms with E-state index in [2.05, 4.69) is 12.2 Å². The van der Waals surface area contributed by atoms with Gasteiger partial charge in [-0.1, -0.05) is 13.0 Å². The van der Waals surface area contributed by atoms with Gasteiger partial charge in [0.15, 0.2) is 0 Å². The second kappa shape index (κ2) is 4.35. The zero-order valence-electron chi connectivity index (χ0n) is 9.62. The van der Waals surface area contributed by atoms with E-state index in [1.807, 2.05) is 17.9 Å². The summed E-state index contributed by atoms with van der Waals surface area (Å²) < 4.78 is 0. The lowest BCUT2D eigenvalue weighted by molar-refractivity contribution is -0.126. The first-order chi connectivity index (χ1) is 7.22. The molecule has 0 aromatic heterocycles. The Hall–Kier alpha value is -0.830. The van der Waals surface area contributed by atoms with Crippen molar-refractivity contribution in [3.05, 3.63) is 11.6 Å². The van der Waals surface area contributed by atoms with Gasteiger partial charge in [0, 0.05) is 31.8 Å². The van der Waals surface area contributed by atoms with E-state index >= 15 is 0 Å². The summed E-state index contributed by atoms with van der Waals surface area (Å²) in [6, 6.07) is 0. The Morgan fingerprint density at radius 3 is 2.53 bits per heavy atom. The molecule has 2 rings (SSSR count). The van der Waals surface area contributed by atoms with E-state index in [0.29, 0.717) is 11.8 Å². The number of rotatable bonds is 2. The molecule has 15 heavy (non-hydrogen) atoms. The molecule has 2 aliphatic rings. The number of allylic oxidation sites excluding steroid dienone is 1. The molecule has 0 aromatic rings. The maximum atomic E-state index is 12.0. The first kappa shape index (κ1) is 10.7. The summed E-state index contributed by atoms with van der Waals surface area (Å²) >= 11 is 0. The number of fused-ring (bicyclic) bond motifs is 1. The molecule has 0 bridgehead atoms. The van der Waals surface area contributed by atoms with E-state index in [9.17, 15) is 4.79 Å². The number of carbonyl (C=O) groups is 1. The molecule has 3 heteroatoms. The van der Waals surface area contributed by atoms with E-state index < -0.39 is 0 Å². The Morgan fingerprint density at radius 1 is 1.40 bits per heavy atom. The molecule has 84 valence electrons. The molecular weight excluding hydrogens is 188 g/mol. The van der Waals surface area contributed by atoms with Crippen molar-refractivity contribution in [1.82, 2.24) is 10.2 Å². The Bertz CT molecular complexity index is 273. The third-order valence-corrected chi connectivity index (χ3v) is 3.52. The standard InChI is InChI=1S/C12H20N2O/c1-3-4-9(2)12(15)14-7-10-5-13-6-11(10)8-14/h4,10-11,13H,3,5-8H2,1-2H3/b9-4-/t10-,11+. The minimum atomic E-state index is 0.242. The lowest BCUT2D eigenvalue weighted by atomic mass is 10.0. The van der Waals surface area contributed by atoms with Crippen LogP contribution in [-0.4, -0.2) is 37.0 Å². The van der Waals surface area contributed by atoms with Crippen molar-refractivity contribution in [2.75, 3.05) is 26.2 Å². The predicted octanol–water partition coefficient (Wildman–Crippen LogP) is 1.02. The van der Waals surface area contributed by atoms with Crippen LogP contribution in [0.25, 0.3) is 0 Å². The van der Waals surface area contributed by atoms with Crippen LogP contribution >= 0.6 is 0 Å². The lowest BCUT2D eigenvalue weighted by Crippen LogP contribution is -2.32. The SMILES string of the molecule is CC/C=C(/C)C(=O)N1C[C@H]2CNC[C@H]2C1. The molecule has 0 aliphatic carbocycles. The van der Waals surface area contributed by atoms with Crippen molar-refractivity contribution < 1.29 is 4.79 Å². The van der Waals surface area contributed by atoms with Gasteiger partial charge in [-0.2, -0.15) is 0 Å². The van der Waals surface area contributed by atoms with Crippen LogP contribution in [0.1, 0.15) is 20.3 Å². The first-order valence-electron chi connectivity index (χ1n) is 5.89. The number of amides is 1. The van der Waals surface area contributed by atoms with Crippen molar-refractivity contribution >= 4 is 5.91 Å². The highest BCUT2D eigenvalue weighted by Gasteiger charge is 2.38. The summed E-state index contributed by atoms with van der Waals surface area (Å²) in [7, 11) is 0. The fourth-order valence-corrected chi connectivity index (χ4v) is 2.66. The molecular formula is C12H20N2O. The fourth-order valence-electron chi connectivity index (χ4n) is 2.66. The fraction of sp³-hybridized carbons (Fsp3) is 0.750. The van der Waals surface area contributed by atoms with Crippen LogP contribution < -0.4 is 5.32 Å². The normalized spacial score (nSPS) is 30.8. The van der Waals surface area contributed by atoms with Gasteiger partial charge in [0.2, 0.25) is 5.91 Å². The topological polar surface area (TPSA) is 32.3 Å². The third kappa shape index (κ3) is 2.07. The monoisotopic (exact) mass is 208 g/mol. The van der Waals surface area contributed by atoms with Gasteiger partial charge in [-0.05, 0) is 25.2 Å². The van der Waals surface area contributed by atoms with Crippen molar-refractivity contribution in [3.63, 3.8) is 0 Å². The van der Waals surface area contributed by atoms with Crippen molar-refractivity contribution in [1.29, 1.82) is 0 Å². The van der Waals surface area contributed by atoms with E-state index in [0.717, 1.165) is 38.2 Å². The van der Waals surface area contributed by atoms with Crippen LogP contribution in [0.3, 0.4) is 0 Å². The van der Waals surface area contributed by atoms with Gasteiger partial charge in [0.05, 0.1) is 0 Å². The molecule has 3 nitrogen and oxygen atoms in total. The molecule has 2 aliphatic heterocycles. The molecule has 1 N–H and O–H groups in total. The number of hydrogen-bond acceptors (Lipinski definition) is 2. The maximum Gasteiger partial charge on any atom is 0.249 e. The van der Waals surface area contributed by atoms with Crippen LogP contribution in [-0.2, 0) is 4.79 Å². The van der Waals surface area contributed by atoms with E-state index in [4.69, 9.17) is 0 Å². The largest absolute Gasteiger partial charge is 0.338 e. The third-order valence-electron chi connectivity index (χ3n) is 3.52. The number of hydrogen-bond donors (Lipinski definition) is 1. The summed E-state index contributed by atoms with van der Waals surface area (Å²) in [4.78, 5) is 14.0. The molecule has 0 saturated carbocycles. The highest BCUT2D eigenvalue weighted by Crippen LogP contribution is 2.27. The number of nitrogens with one attached hydrogen (secondary N) is 1. The molecule has 0 aromatic carbocycles. The van der Waals surface area contributed by atoms with Crippen LogP contribution in [0.5, 0.6) is 0 Å². The number of nitrogens with zero attached hydrogens (tertiary/aromatic N) is 1. The van der Waals surface area contributed by atoms with Crippen molar-refractivity contribution in [2.24, 2.45) is 11.8 Å². The average Bonchev–Trinajstić information content (AvgIpc) is 2.75. The number of likely N-dealkylation sites (tertiary alicyclic amines) is 1. The zero-order chi connectivity index (χ0) is 10.8. The smallest absolute Gasteiger partial charge is 0.249 e. The quantitative estimate of drug-likeness (QED) is 0.687. The Morgan fingerprint density at radius 2 is 2.00 bits per heavy atom. The van der Waals surface area contributed by atoms with Crippen LogP contribution in [0.4, 0.5) is 0 Å². The Labute approximate surface area is 91.5 Å². The molecule has 2 fully saturated rings. The first-order valence-corrected chi connectivity index (χ1v) is 5.89. The molecule has 0 spiro atoms. The van der Waals surface area contributed by atoms with Gasteiger partial charge in [0.1, 0.15) is 0 Å². The van der Waals surface area contributed by atoms with Crippen molar-refractivity contribution in [3.8, 4) is 0 Å². The molecule has 0 unspecified atom stereocenters. The maximum absolute atomic E-state index is 12.0. The molecule has 2 saturated heterocycles. The van der Waals surface area contributed by atoms with Gasteiger partial charge in [-0.15, -0.1) is 0 Å². The van der Waals surface area contributed by atoms with Crippen LogP contribution in [0, 0.1) is 11.8 Å². The summed E-state index contributed by atoms with van der Waals surface area (Å²) in [5, 5.41) is 3.39. The minimum Gasteiger partial charge on any atom is -0.338 e. The molecule has 2 atom stereocenters. The van der Waals surface area contributed by atoms with Gasteiger partial charge in [-0.3, -0.25) is 4.79 Å². The van der Waals surface area contributed by atoms with E-state index in [1.54, 1.807) is 0 Å². The van der Waals surface area contributed by atoms with E-state index in [1.165, 1.54) is 0 Å². The molecule has 2 heterocycles. The van der Waals surface area contributed by atoms with Crippen molar-refractivity contribution in [2.45, 2.75) is 20.3 Å². The lowest BCUT2D eigenvalue weighted by Gasteiger charge is -2.17. The highest BCUT2D eigenvalue weighted by molar-refractivity contribution is 5.93. The van der Waals surface area contributed by atoms with E-state index in [-0.39, 0.29) is 5.91 Å². The average molecular weight is 208 g/mol. The van der Waals surface area contributed by atoms with Crippen LogP contribution in [0.2, 0.25) is 0 Å². The van der Waals surface area contributed by atoms with Crippen LogP contribution in [0.15, 0.2) is 11.6 Å². The van der Waals surface area contributed by atoms with Gasteiger partial charge < -0.3 is 10.2 Å².